The molecular weight excluding hydrogens is 226 g/mol. The van der Waals surface area contributed by atoms with Gasteiger partial charge in [-0.05, 0) is 51.7 Å². The molecule has 2 rings (SSSR count). The van der Waals surface area contributed by atoms with Crippen LogP contribution in [0.3, 0.4) is 0 Å². The summed E-state index contributed by atoms with van der Waals surface area (Å²) in [6, 6.07) is 0. The van der Waals surface area contributed by atoms with Gasteiger partial charge in [0.05, 0.1) is 5.54 Å². The van der Waals surface area contributed by atoms with Crippen molar-refractivity contribution < 1.29 is 4.79 Å². The first-order valence-corrected chi connectivity index (χ1v) is 7.38. The summed E-state index contributed by atoms with van der Waals surface area (Å²) in [4.78, 5) is 14.7. The molecule has 2 unspecified atom stereocenters. The zero-order valence-corrected chi connectivity index (χ0v) is 11.8. The number of likely N-dealkylation sites (tertiary alicyclic amines) is 1. The number of amides is 1. The van der Waals surface area contributed by atoms with Gasteiger partial charge in [0.15, 0.2) is 0 Å². The van der Waals surface area contributed by atoms with Crippen molar-refractivity contribution >= 4 is 5.91 Å². The van der Waals surface area contributed by atoms with Crippen LogP contribution < -0.4 is 10.6 Å². The molecule has 0 aromatic carbocycles. The molecule has 18 heavy (non-hydrogen) atoms. The first kappa shape index (κ1) is 13.8. The van der Waals surface area contributed by atoms with E-state index < -0.39 is 0 Å². The van der Waals surface area contributed by atoms with E-state index in [-0.39, 0.29) is 11.4 Å². The number of hydrogen-bond acceptors (Lipinski definition) is 3. The van der Waals surface area contributed by atoms with E-state index in [9.17, 15) is 4.79 Å². The second-order valence-electron chi connectivity index (χ2n) is 5.99. The Labute approximate surface area is 110 Å². The molecule has 2 N–H and O–H groups in total. The summed E-state index contributed by atoms with van der Waals surface area (Å²) in [6.07, 6.45) is 5.36. The number of nitrogens with zero attached hydrogens (tertiary/aromatic N) is 1. The summed E-state index contributed by atoms with van der Waals surface area (Å²) >= 11 is 0. The molecular formula is C14H27N3O. The number of rotatable bonds is 5. The molecule has 2 saturated heterocycles. The molecule has 0 aromatic heterocycles. The molecule has 2 atom stereocenters. The highest BCUT2D eigenvalue weighted by Gasteiger charge is 2.39. The third-order valence-electron chi connectivity index (χ3n) is 4.40. The van der Waals surface area contributed by atoms with E-state index in [1.165, 1.54) is 13.0 Å². The molecule has 0 aliphatic carbocycles. The number of carbonyl (C=O) groups is 1. The monoisotopic (exact) mass is 253 g/mol. The summed E-state index contributed by atoms with van der Waals surface area (Å²) in [5, 5.41) is 6.62. The standard InChI is InChI=1S/C14H27N3O/c1-3-6-14(7-4-8-16-14)13(18)15-10-12-5-9-17(2)11-12/h12,16H,3-11H2,1-2H3,(H,15,18). The van der Waals surface area contributed by atoms with Gasteiger partial charge in [-0.3, -0.25) is 4.79 Å². The van der Waals surface area contributed by atoms with E-state index >= 15 is 0 Å². The maximum absolute atomic E-state index is 12.4. The van der Waals surface area contributed by atoms with Crippen LogP contribution in [0.4, 0.5) is 0 Å². The Hall–Kier alpha value is -0.610. The highest BCUT2D eigenvalue weighted by Crippen LogP contribution is 2.25. The van der Waals surface area contributed by atoms with Crippen molar-refractivity contribution in [2.45, 2.75) is 44.6 Å². The maximum Gasteiger partial charge on any atom is 0.240 e. The van der Waals surface area contributed by atoms with Crippen molar-refractivity contribution in [1.82, 2.24) is 15.5 Å². The normalized spacial score (nSPS) is 32.9. The Morgan fingerprint density at radius 3 is 2.94 bits per heavy atom. The fraction of sp³-hybridized carbons (Fsp3) is 0.929. The van der Waals surface area contributed by atoms with Crippen molar-refractivity contribution in [3.8, 4) is 0 Å². The molecule has 0 radical (unpaired) electrons. The predicted octanol–water partition coefficient (Wildman–Crippen LogP) is 0.977. The fourth-order valence-corrected chi connectivity index (χ4v) is 3.35. The molecule has 0 saturated carbocycles. The second kappa shape index (κ2) is 6.02. The largest absolute Gasteiger partial charge is 0.354 e. The van der Waals surface area contributed by atoms with Gasteiger partial charge >= 0.3 is 0 Å². The quantitative estimate of drug-likeness (QED) is 0.767. The summed E-state index contributed by atoms with van der Waals surface area (Å²) in [5.74, 6) is 0.871. The van der Waals surface area contributed by atoms with Gasteiger partial charge in [0.25, 0.3) is 0 Å². The minimum atomic E-state index is -0.265. The Morgan fingerprint density at radius 2 is 2.39 bits per heavy atom. The minimum Gasteiger partial charge on any atom is -0.354 e. The lowest BCUT2D eigenvalue weighted by Gasteiger charge is -2.28. The summed E-state index contributed by atoms with van der Waals surface area (Å²) in [5.41, 5.74) is -0.265. The van der Waals surface area contributed by atoms with Crippen molar-refractivity contribution in [3.63, 3.8) is 0 Å². The van der Waals surface area contributed by atoms with Crippen LogP contribution in [0.25, 0.3) is 0 Å². The maximum atomic E-state index is 12.4. The van der Waals surface area contributed by atoms with Crippen LogP contribution in [0.15, 0.2) is 0 Å². The van der Waals surface area contributed by atoms with Crippen LogP contribution in [0.1, 0.15) is 39.0 Å². The van der Waals surface area contributed by atoms with Crippen molar-refractivity contribution in [3.05, 3.63) is 0 Å². The van der Waals surface area contributed by atoms with Crippen LogP contribution in [0.5, 0.6) is 0 Å². The van der Waals surface area contributed by atoms with E-state index in [1.54, 1.807) is 0 Å². The lowest BCUT2D eigenvalue weighted by molar-refractivity contribution is -0.127. The van der Waals surface area contributed by atoms with E-state index in [2.05, 4.69) is 29.5 Å². The average molecular weight is 253 g/mol. The first-order valence-electron chi connectivity index (χ1n) is 7.38. The van der Waals surface area contributed by atoms with Gasteiger partial charge in [-0.25, -0.2) is 0 Å². The number of hydrogen-bond donors (Lipinski definition) is 2. The molecule has 1 amide bonds. The molecule has 104 valence electrons. The highest BCUT2D eigenvalue weighted by atomic mass is 16.2. The van der Waals surface area contributed by atoms with Crippen molar-refractivity contribution in [1.29, 1.82) is 0 Å². The second-order valence-corrected chi connectivity index (χ2v) is 5.99. The Kier molecular flexibility index (Phi) is 4.62. The van der Waals surface area contributed by atoms with Crippen LogP contribution in [0.2, 0.25) is 0 Å². The highest BCUT2D eigenvalue weighted by molar-refractivity contribution is 5.86. The third-order valence-corrected chi connectivity index (χ3v) is 4.40. The van der Waals surface area contributed by atoms with Gasteiger partial charge in [-0.2, -0.15) is 0 Å². The van der Waals surface area contributed by atoms with E-state index in [0.717, 1.165) is 45.3 Å². The SMILES string of the molecule is CCCC1(C(=O)NCC2CCN(C)C2)CCCN1. The molecule has 2 heterocycles. The van der Waals surface area contributed by atoms with Crippen molar-refractivity contribution in [2.75, 3.05) is 33.2 Å². The third kappa shape index (κ3) is 3.04. The molecule has 4 heteroatoms. The van der Waals surface area contributed by atoms with Gasteiger partial charge in [0.2, 0.25) is 5.91 Å². The van der Waals surface area contributed by atoms with Gasteiger partial charge in [0, 0.05) is 13.1 Å². The molecule has 2 fully saturated rings. The topological polar surface area (TPSA) is 44.4 Å². The molecule has 0 aromatic rings. The number of nitrogens with one attached hydrogen (secondary N) is 2. The van der Waals surface area contributed by atoms with Crippen LogP contribution in [-0.2, 0) is 4.79 Å². The van der Waals surface area contributed by atoms with E-state index in [0.29, 0.717) is 5.92 Å². The van der Waals surface area contributed by atoms with Gasteiger partial charge in [-0.15, -0.1) is 0 Å². The molecule has 0 bridgehead atoms. The summed E-state index contributed by atoms with van der Waals surface area (Å²) in [6.45, 7) is 6.27. The zero-order chi connectivity index (χ0) is 13.0. The molecule has 2 aliphatic rings. The van der Waals surface area contributed by atoms with E-state index in [4.69, 9.17) is 0 Å². The lowest BCUT2D eigenvalue weighted by atomic mass is 9.90. The Balaban J connectivity index is 1.82. The predicted molar refractivity (Wildman–Crippen MR) is 73.5 cm³/mol. The first-order chi connectivity index (χ1) is 8.66. The minimum absolute atomic E-state index is 0.233. The Morgan fingerprint density at radius 1 is 1.56 bits per heavy atom. The summed E-state index contributed by atoms with van der Waals surface area (Å²) < 4.78 is 0. The molecule has 2 aliphatic heterocycles. The fourth-order valence-electron chi connectivity index (χ4n) is 3.35. The summed E-state index contributed by atoms with van der Waals surface area (Å²) in [7, 11) is 2.15. The average Bonchev–Trinajstić information content (AvgIpc) is 2.97. The molecule has 0 spiro atoms. The lowest BCUT2D eigenvalue weighted by Crippen LogP contribution is -2.54. The van der Waals surface area contributed by atoms with Gasteiger partial charge < -0.3 is 15.5 Å². The smallest absolute Gasteiger partial charge is 0.240 e. The number of carbonyl (C=O) groups excluding carboxylic acids is 1. The zero-order valence-electron chi connectivity index (χ0n) is 11.8. The van der Waals surface area contributed by atoms with Crippen molar-refractivity contribution in [2.24, 2.45) is 5.92 Å². The van der Waals surface area contributed by atoms with Gasteiger partial charge in [-0.1, -0.05) is 13.3 Å². The van der Waals surface area contributed by atoms with E-state index in [1.807, 2.05) is 0 Å². The Bertz CT molecular complexity index is 287. The molecule has 4 nitrogen and oxygen atoms in total. The van der Waals surface area contributed by atoms with Crippen LogP contribution in [-0.4, -0.2) is 49.6 Å². The van der Waals surface area contributed by atoms with Crippen LogP contribution >= 0.6 is 0 Å². The van der Waals surface area contributed by atoms with Gasteiger partial charge in [0.1, 0.15) is 0 Å². The van der Waals surface area contributed by atoms with Crippen LogP contribution in [0, 0.1) is 5.92 Å².